The number of aliphatic hydroxyl groups is 1. The number of ether oxygens (including phenoxy) is 3. The molecule has 1 aliphatic rings. The number of hydrogen-bond acceptors (Lipinski definition) is 5. The van der Waals surface area contributed by atoms with Crippen LogP contribution in [0.1, 0.15) is 25.0 Å². The van der Waals surface area contributed by atoms with Gasteiger partial charge in [0.15, 0.2) is 0 Å². The Morgan fingerprint density at radius 1 is 1.17 bits per heavy atom. The highest BCUT2D eigenvalue weighted by Crippen LogP contribution is 2.16. The molecule has 0 radical (unpaired) electrons. The summed E-state index contributed by atoms with van der Waals surface area (Å²) < 4.78 is 16.9. The molecule has 3 atom stereocenters. The first kappa shape index (κ1) is 19.2. The van der Waals surface area contributed by atoms with Gasteiger partial charge in [-0.3, -0.25) is 4.90 Å². The number of aliphatic hydroxyl groups excluding tert-OH is 1. The second-order valence-corrected chi connectivity index (χ2v) is 6.80. The summed E-state index contributed by atoms with van der Waals surface area (Å²) in [6.07, 6.45) is -0.0504. The molecule has 1 aliphatic heterocycles. The fourth-order valence-corrected chi connectivity index (χ4v) is 3.03. The number of rotatable bonds is 8. The Balaban J connectivity index is 1.59. The number of nitrogens with zero attached hydrogens (tertiary/aromatic N) is 1. The summed E-state index contributed by atoms with van der Waals surface area (Å²) in [4.78, 5) is 2.23. The van der Waals surface area contributed by atoms with Gasteiger partial charge in [0, 0.05) is 19.6 Å². The molecule has 136 valence electrons. The van der Waals surface area contributed by atoms with E-state index in [1.165, 1.54) is 11.1 Å². The van der Waals surface area contributed by atoms with Crippen LogP contribution in [0.25, 0.3) is 0 Å². The van der Waals surface area contributed by atoms with E-state index in [0.717, 1.165) is 18.8 Å². The maximum Gasteiger partial charge on any atom is 0.119 e. The molecule has 1 fully saturated rings. The predicted molar refractivity (Wildman–Crippen MR) is 94.7 cm³/mol. The smallest absolute Gasteiger partial charge is 0.119 e. The minimum absolute atomic E-state index is 0.216. The van der Waals surface area contributed by atoms with Gasteiger partial charge < -0.3 is 19.3 Å². The summed E-state index contributed by atoms with van der Waals surface area (Å²) in [5, 5.41) is 10.1. The van der Waals surface area contributed by atoms with E-state index in [1.807, 2.05) is 12.1 Å². The average Bonchev–Trinajstić information content (AvgIpc) is 2.49. The van der Waals surface area contributed by atoms with Crippen LogP contribution in [0, 0.1) is 13.8 Å². The van der Waals surface area contributed by atoms with Crippen molar-refractivity contribution in [3.05, 3.63) is 29.3 Å². The SMILES string of the molecule is Cc1ccc(OCCOC[C@H](O)CN2C[C@@H](C)O[C@H](C)C2)cc1C. The standard InChI is InChI=1S/C19H31NO4/c1-14-5-6-19(9-15(14)2)23-8-7-22-13-18(21)12-20-10-16(3)24-17(4)11-20/h5-6,9,16-18,21H,7-8,10-13H2,1-4H3/t16-,17-,18-/m1/s1. The van der Waals surface area contributed by atoms with Gasteiger partial charge in [-0.15, -0.1) is 0 Å². The second kappa shape index (κ2) is 9.37. The van der Waals surface area contributed by atoms with E-state index < -0.39 is 6.10 Å². The lowest BCUT2D eigenvalue weighted by Gasteiger charge is -2.36. The van der Waals surface area contributed by atoms with Crippen LogP contribution < -0.4 is 4.74 Å². The maximum atomic E-state index is 10.1. The molecule has 1 aromatic rings. The molecule has 0 aromatic heterocycles. The lowest BCUT2D eigenvalue weighted by molar-refractivity contribution is -0.0824. The molecule has 0 bridgehead atoms. The maximum absolute atomic E-state index is 10.1. The van der Waals surface area contributed by atoms with Crippen LogP contribution in [0.2, 0.25) is 0 Å². The van der Waals surface area contributed by atoms with Crippen molar-refractivity contribution in [3.63, 3.8) is 0 Å². The van der Waals surface area contributed by atoms with Crippen LogP contribution in [0.15, 0.2) is 18.2 Å². The van der Waals surface area contributed by atoms with Crippen molar-refractivity contribution in [2.75, 3.05) is 39.5 Å². The first-order valence-electron chi connectivity index (χ1n) is 8.77. The summed E-state index contributed by atoms with van der Waals surface area (Å²) in [6, 6.07) is 6.06. The predicted octanol–water partition coefficient (Wildman–Crippen LogP) is 2.17. The van der Waals surface area contributed by atoms with Crippen LogP contribution in [-0.2, 0) is 9.47 Å². The Labute approximate surface area is 145 Å². The van der Waals surface area contributed by atoms with Gasteiger partial charge in [-0.1, -0.05) is 6.07 Å². The van der Waals surface area contributed by atoms with E-state index >= 15 is 0 Å². The van der Waals surface area contributed by atoms with Gasteiger partial charge in [-0.25, -0.2) is 0 Å². The first-order valence-corrected chi connectivity index (χ1v) is 8.77. The van der Waals surface area contributed by atoms with Gasteiger partial charge in [0.25, 0.3) is 0 Å². The average molecular weight is 337 g/mol. The van der Waals surface area contributed by atoms with Gasteiger partial charge in [0.1, 0.15) is 12.4 Å². The van der Waals surface area contributed by atoms with Gasteiger partial charge in [0.2, 0.25) is 0 Å². The molecule has 0 unspecified atom stereocenters. The second-order valence-electron chi connectivity index (χ2n) is 6.80. The van der Waals surface area contributed by atoms with Crippen molar-refractivity contribution in [2.45, 2.75) is 46.0 Å². The van der Waals surface area contributed by atoms with E-state index in [-0.39, 0.29) is 12.2 Å². The third-order valence-corrected chi connectivity index (χ3v) is 4.25. The quantitative estimate of drug-likeness (QED) is 0.737. The summed E-state index contributed by atoms with van der Waals surface area (Å²) in [6.45, 7) is 11.9. The number of aryl methyl sites for hydroxylation is 2. The zero-order chi connectivity index (χ0) is 17.5. The van der Waals surface area contributed by atoms with Crippen LogP contribution in [-0.4, -0.2) is 67.8 Å². The fraction of sp³-hybridized carbons (Fsp3) is 0.684. The molecule has 24 heavy (non-hydrogen) atoms. The molecule has 1 heterocycles. The largest absolute Gasteiger partial charge is 0.491 e. The van der Waals surface area contributed by atoms with Crippen LogP contribution in [0.3, 0.4) is 0 Å². The number of β-amino-alcohol motifs (C(OH)–C–C–N with tert-alkyl or cyclic N) is 1. The van der Waals surface area contributed by atoms with Crippen molar-refractivity contribution < 1.29 is 19.3 Å². The molecule has 0 saturated carbocycles. The van der Waals surface area contributed by atoms with E-state index in [1.54, 1.807) is 0 Å². The Kier molecular flexibility index (Phi) is 7.49. The van der Waals surface area contributed by atoms with Crippen molar-refractivity contribution in [1.82, 2.24) is 4.90 Å². The lowest BCUT2D eigenvalue weighted by atomic mass is 10.1. The minimum Gasteiger partial charge on any atom is -0.491 e. The molecule has 1 aromatic carbocycles. The molecule has 5 nitrogen and oxygen atoms in total. The Hall–Kier alpha value is -1.14. The highest BCUT2D eigenvalue weighted by atomic mass is 16.5. The Morgan fingerprint density at radius 2 is 1.88 bits per heavy atom. The van der Waals surface area contributed by atoms with Crippen molar-refractivity contribution in [2.24, 2.45) is 0 Å². The molecule has 5 heteroatoms. The van der Waals surface area contributed by atoms with Crippen LogP contribution in [0.5, 0.6) is 5.75 Å². The van der Waals surface area contributed by atoms with E-state index in [4.69, 9.17) is 14.2 Å². The van der Waals surface area contributed by atoms with Crippen molar-refractivity contribution in [3.8, 4) is 5.75 Å². The molecule has 2 rings (SSSR count). The summed E-state index contributed by atoms with van der Waals surface area (Å²) in [5.41, 5.74) is 2.48. The van der Waals surface area contributed by atoms with Gasteiger partial charge in [-0.05, 0) is 51.0 Å². The normalized spacial score (nSPS) is 23.2. The van der Waals surface area contributed by atoms with Crippen LogP contribution in [0.4, 0.5) is 0 Å². The van der Waals surface area contributed by atoms with E-state index in [9.17, 15) is 5.11 Å². The molecule has 0 spiro atoms. The summed E-state index contributed by atoms with van der Waals surface area (Å²) in [5.74, 6) is 0.860. The molecule has 1 saturated heterocycles. The van der Waals surface area contributed by atoms with Gasteiger partial charge >= 0.3 is 0 Å². The highest BCUT2D eigenvalue weighted by Gasteiger charge is 2.23. The summed E-state index contributed by atoms with van der Waals surface area (Å²) in [7, 11) is 0. The van der Waals surface area contributed by atoms with Crippen LogP contribution >= 0.6 is 0 Å². The van der Waals surface area contributed by atoms with Crippen molar-refractivity contribution in [1.29, 1.82) is 0 Å². The Bertz CT molecular complexity index is 498. The van der Waals surface area contributed by atoms with Crippen molar-refractivity contribution >= 4 is 0 Å². The minimum atomic E-state index is -0.482. The Morgan fingerprint density at radius 3 is 2.54 bits per heavy atom. The summed E-state index contributed by atoms with van der Waals surface area (Å²) >= 11 is 0. The highest BCUT2D eigenvalue weighted by molar-refractivity contribution is 5.33. The molecular formula is C19H31NO4. The van der Waals surface area contributed by atoms with E-state index in [2.05, 4.69) is 38.7 Å². The lowest BCUT2D eigenvalue weighted by Crippen LogP contribution is -2.48. The van der Waals surface area contributed by atoms with Gasteiger partial charge in [-0.2, -0.15) is 0 Å². The van der Waals surface area contributed by atoms with Gasteiger partial charge in [0.05, 0.1) is 31.5 Å². The third-order valence-electron chi connectivity index (χ3n) is 4.25. The first-order chi connectivity index (χ1) is 11.4. The zero-order valence-electron chi connectivity index (χ0n) is 15.3. The number of hydrogen-bond donors (Lipinski definition) is 1. The topological polar surface area (TPSA) is 51.2 Å². The molecule has 1 N–H and O–H groups in total. The third kappa shape index (κ3) is 6.40. The zero-order valence-corrected chi connectivity index (χ0v) is 15.3. The molecule has 0 aliphatic carbocycles. The molecule has 0 amide bonds. The number of benzene rings is 1. The fourth-order valence-electron chi connectivity index (χ4n) is 3.03. The monoisotopic (exact) mass is 337 g/mol. The molecular weight excluding hydrogens is 306 g/mol. The number of morpholine rings is 1. The van der Waals surface area contributed by atoms with E-state index in [0.29, 0.717) is 26.4 Å².